The molecular formula is C16H16BrClN4O2. The zero-order valence-corrected chi connectivity index (χ0v) is 15.1. The van der Waals surface area contributed by atoms with Gasteiger partial charge in [-0.25, -0.2) is 10.2 Å². The van der Waals surface area contributed by atoms with E-state index in [1.54, 1.807) is 24.3 Å². The highest BCUT2D eigenvalue weighted by molar-refractivity contribution is 9.10. The van der Waals surface area contributed by atoms with Crippen LogP contribution in [-0.2, 0) is 0 Å². The number of nitrogens with one attached hydrogen (secondary N) is 2. The van der Waals surface area contributed by atoms with Gasteiger partial charge in [-0.3, -0.25) is 0 Å². The quantitative estimate of drug-likeness (QED) is 0.577. The predicted molar refractivity (Wildman–Crippen MR) is 99.1 cm³/mol. The number of halogens is 2. The minimum absolute atomic E-state index is 0.445. The highest BCUT2D eigenvalue weighted by atomic mass is 79.9. The molecule has 24 heavy (non-hydrogen) atoms. The predicted octanol–water partition coefficient (Wildman–Crippen LogP) is 4.45. The Labute approximate surface area is 153 Å². The van der Waals surface area contributed by atoms with E-state index in [2.05, 4.69) is 36.7 Å². The van der Waals surface area contributed by atoms with E-state index in [1.165, 1.54) is 19.1 Å². The number of amides is 2. The van der Waals surface area contributed by atoms with Gasteiger partial charge in [-0.2, -0.15) is 5.10 Å². The van der Waals surface area contributed by atoms with Gasteiger partial charge in [-0.1, -0.05) is 11.6 Å². The normalized spacial score (nSPS) is 14.3. The number of urea groups is 1. The molecule has 2 N–H and O–H groups in total. The van der Waals surface area contributed by atoms with E-state index >= 15 is 0 Å². The van der Waals surface area contributed by atoms with Gasteiger partial charge in [0.15, 0.2) is 5.76 Å². The summed E-state index contributed by atoms with van der Waals surface area (Å²) in [5.74, 6) is 1.37. The van der Waals surface area contributed by atoms with Gasteiger partial charge in [0, 0.05) is 29.9 Å². The lowest BCUT2D eigenvalue weighted by molar-refractivity contribution is 0.252. The molecule has 1 aromatic carbocycles. The van der Waals surface area contributed by atoms with Crippen LogP contribution in [0, 0.1) is 0 Å². The van der Waals surface area contributed by atoms with E-state index in [9.17, 15) is 4.79 Å². The summed E-state index contributed by atoms with van der Waals surface area (Å²) in [6, 6.07) is 8.19. The van der Waals surface area contributed by atoms with E-state index in [-0.39, 0.29) is 0 Å². The molecule has 0 atom stereocenters. The first-order chi connectivity index (χ1) is 11.6. The van der Waals surface area contributed by atoms with E-state index in [1.807, 2.05) is 6.07 Å². The fourth-order valence-electron chi connectivity index (χ4n) is 2.42. The smallest absolute Gasteiger partial charge is 0.339 e. The summed E-state index contributed by atoms with van der Waals surface area (Å²) in [6.45, 7) is 1.98. The summed E-state index contributed by atoms with van der Waals surface area (Å²) in [5, 5.41) is 7.14. The first-order valence-electron chi connectivity index (χ1n) is 7.52. The second-order valence-electron chi connectivity index (χ2n) is 5.33. The molecule has 0 saturated carbocycles. The Hall–Kier alpha value is -1.99. The van der Waals surface area contributed by atoms with Crippen LogP contribution in [0.4, 0.5) is 16.4 Å². The fourth-order valence-corrected chi connectivity index (χ4v) is 3.11. The van der Waals surface area contributed by atoms with Crippen molar-refractivity contribution in [1.82, 2.24) is 5.43 Å². The van der Waals surface area contributed by atoms with Crippen molar-refractivity contribution in [2.75, 3.05) is 23.3 Å². The largest absolute Gasteiger partial charge is 0.438 e. The molecule has 2 heterocycles. The molecule has 1 saturated heterocycles. The van der Waals surface area contributed by atoms with Crippen molar-refractivity contribution >= 4 is 51.3 Å². The molecule has 0 radical (unpaired) electrons. The second-order valence-corrected chi connectivity index (χ2v) is 6.62. The van der Waals surface area contributed by atoms with Crippen LogP contribution >= 0.6 is 27.5 Å². The Morgan fingerprint density at radius 1 is 1.29 bits per heavy atom. The Morgan fingerprint density at radius 3 is 2.71 bits per heavy atom. The summed E-state index contributed by atoms with van der Waals surface area (Å²) in [5.41, 5.74) is 3.02. The number of carbonyl (C=O) groups excluding carboxylic acids is 1. The maximum atomic E-state index is 11.8. The first-order valence-corrected chi connectivity index (χ1v) is 8.69. The Balaban J connectivity index is 1.55. The van der Waals surface area contributed by atoms with Gasteiger partial charge in [0.25, 0.3) is 0 Å². The Bertz CT molecular complexity index is 739. The summed E-state index contributed by atoms with van der Waals surface area (Å²) in [7, 11) is 0. The van der Waals surface area contributed by atoms with Crippen LogP contribution in [0.5, 0.6) is 0 Å². The van der Waals surface area contributed by atoms with E-state index in [0.29, 0.717) is 16.5 Å². The number of carbonyl (C=O) groups is 1. The van der Waals surface area contributed by atoms with Crippen molar-refractivity contribution in [2.24, 2.45) is 5.10 Å². The monoisotopic (exact) mass is 410 g/mol. The zero-order chi connectivity index (χ0) is 16.9. The van der Waals surface area contributed by atoms with E-state index in [4.69, 9.17) is 16.0 Å². The molecule has 2 amide bonds. The molecule has 0 spiro atoms. The van der Waals surface area contributed by atoms with Crippen LogP contribution < -0.4 is 15.6 Å². The van der Waals surface area contributed by atoms with Gasteiger partial charge >= 0.3 is 6.03 Å². The summed E-state index contributed by atoms with van der Waals surface area (Å²) in [6.07, 6.45) is 3.80. The van der Waals surface area contributed by atoms with Gasteiger partial charge in [0.1, 0.15) is 0 Å². The molecule has 1 aliphatic rings. The topological polar surface area (TPSA) is 69.9 Å². The van der Waals surface area contributed by atoms with Crippen LogP contribution in [0.1, 0.15) is 18.6 Å². The van der Waals surface area contributed by atoms with Crippen molar-refractivity contribution in [3.05, 3.63) is 45.6 Å². The van der Waals surface area contributed by atoms with E-state index < -0.39 is 6.03 Å². The highest BCUT2D eigenvalue weighted by Crippen LogP contribution is 2.31. The van der Waals surface area contributed by atoms with Crippen LogP contribution in [0.25, 0.3) is 0 Å². The van der Waals surface area contributed by atoms with Crippen LogP contribution in [0.3, 0.4) is 0 Å². The average molecular weight is 412 g/mol. The minimum Gasteiger partial charge on any atom is -0.438 e. The molecule has 6 nitrogen and oxygen atoms in total. The first kappa shape index (κ1) is 16.9. The maximum absolute atomic E-state index is 11.8. The second kappa shape index (κ2) is 7.72. The lowest BCUT2D eigenvalue weighted by Crippen LogP contribution is -2.24. The third-order valence-electron chi connectivity index (χ3n) is 3.54. The molecular weight excluding hydrogens is 396 g/mol. The Morgan fingerprint density at radius 2 is 2.00 bits per heavy atom. The van der Waals surface area contributed by atoms with Crippen molar-refractivity contribution in [2.45, 2.75) is 12.8 Å². The number of hydrogen-bond donors (Lipinski definition) is 2. The minimum atomic E-state index is -0.445. The van der Waals surface area contributed by atoms with Gasteiger partial charge in [-0.15, -0.1) is 0 Å². The molecule has 2 aromatic rings. The molecule has 1 aliphatic heterocycles. The molecule has 0 aliphatic carbocycles. The third kappa shape index (κ3) is 4.30. The summed E-state index contributed by atoms with van der Waals surface area (Å²) < 4.78 is 6.64. The zero-order valence-electron chi connectivity index (χ0n) is 12.8. The van der Waals surface area contributed by atoms with Crippen molar-refractivity contribution < 1.29 is 9.21 Å². The number of benzene rings is 1. The van der Waals surface area contributed by atoms with Gasteiger partial charge < -0.3 is 14.6 Å². The van der Waals surface area contributed by atoms with Crippen LogP contribution in [0.15, 0.2) is 44.3 Å². The summed E-state index contributed by atoms with van der Waals surface area (Å²) in [4.78, 5) is 13.9. The molecule has 1 aromatic heterocycles. The number of nitrogens with zero attached hydrogens (tertiary/aromatic N) is 2. The van der Waals surface area contributed by atoms with Gasteiger partial charge in [-0.05, 0) is 53.0 Å². The molecule has 1 fully saturated rings. The van der Waals surface area contributed by atoms with Crippen LogP contribution in [-0.4, -0.2) is 25.3 Å². The Kier molecular flexibility index (Phi) is 5.42. The lowest BCUT2D eigenvalue weighted by Gasteiger charge is -2.13. The van der Waals surface area contributed by atoms with Crippen LogP contribution in [0.2, 0.25) is 5.02 Å². The van der Waals surface area contributed by atoms with Gasteiger partial charge in [0.05, 0.1) is 10.7 Å². The lowest BCUT2D eigenvalue weighted by atomic mass is 10.3. The standard InChI is InChI=1S/C16H16BrClN4O2/c17-14-9-13(24-15(14)22-7-1-2-8-22)10-19-21-16(23)20-12-5-3-11(18)4-6-12/h3-6,9-10H,1-2,7-8H2,(H2,20,21,23)/b19-10+. The van der Waals surface area contributed by atoms with Crippen molar-refractivity contribution in [3.8, 4) is 0 Å². The highest BCUT2D eigenvalue weighted by Gasteiger charge is 2.19. The molecule has 0 bridgehead atoms. The maximum Gasteiger partial charge on any atom is 0.339 e. The van der Waals surface area contributed by atoms with E-state index in [0.717, 1.165) is 23.4 Å². The number of rotatable bonds is 4. The number of anilines is 2. The molecule has 3 rings (SSSR count). The third-order valence-corrected chi connectivity index (χ3v) is 4.36. The SMILES string of the molecule is O=C(N/N=C/c1cc(Br)c(N2CCCC2)o1)Nc1ccc(Cl)cc1. The number of hydrogen-bond acceptors (Lipinski definition) is 4. The molecule has 8 heteroatoms. The molecule has 126 valence electrons. The molecule has 0 unspecified atom stereocenters. The van der Waals surface area contributed by atoms with Gasteiger partial charge in [0.2, 0.25) is 5.88 Å². The number of furan rings is 1. The summed E-state index contributed by atoms with van der Waals surface area (Å²) >= 11 is 9.28. The number of hydrazone groups is 1. The van der Waals surface area contributed by atoms with Crippen molar-refractivity contribution in [1.29, 1.82) is 0 Å². The fraction of sp³-hybridized carbons (Fsp3) is 0.250. The average Bonchev–Trinajstić information content (AvgIpc) is 3.19. The van der Waals surface area contributed by atoms with Crippen molar-refractivity contribution in [3.63, 3.8) is 0 Å².